The number of ether oxygens (including phenoxy) is 1. The Kier molecular flexibility index (Phi) is 5.39. The number of morpholine rings is 1. The number of nitrogens with two attached hydrogens (primary N) is 1. The molecule has 3 unspecified atom stereocenters. The van der Waals surface area contributed by atoms with Crippen molar-refractivity contribution in [2.24, 2.45) is 5.73 Å². The van der Waals surface area contributed by atoms with Gasteiger partial charge in [0, 0.05) is 29.6 Å². The van der Waals surface area contributed by atoms with E-state index in [1.165, 1.54) is 5.56 Å². The molecule has 2 N–H and O–H groups in total. The van der Waals surface area contributed by atoms with E-state index in [4.69, 9.17) is 10.5 Å². The molecule has 2 rings (SSSR count). The van der Waals surface area contributed by atoms with E-state index in [2.05, 4.69) is 58.9 Å². The normalized spacial score (nSPS) is 24.1. The first-order valence-corrected chi connectivity index (χ1v) is 7.77. The highest BCUT2D eigenvalue weighted by atomic mass is 79.9. The number of halogens is 1. The fourth-order valence-electron chi connectivity index (χ4n) is 2.75. The zero-order valence-electron chi connectivity index (χ0n) is 11.7. The predicted molar refractivity (Wildman–Crippen MR) is 82.1 cm³/mol. The van der Waals surface area contributed by atoms with Crippen molar-refractivity contribution in [2.75, 3.05) is 19.7 Å². The van der Waals surface area contributed by atoms with Crippen LogP contribution in [0.25, 0.3) is 0 Å². The second-order valence-electron chi connectivity index (χ2n) is 5.25. The molecule has 4 heteroatoms. The topological polar surface area (TPSA) is 38.5 Å². The van der Waals surface area contributed by atoms with Gasteiger partial charge in [-0.15, -0.1) is 0 Å². The molecule has 0 aliphatic carbocycles. The number of hydrogen-bond acceptors (Lipinski definition) is 3. The van der Waals surface area contributed by atoms with E-state index in [-0.39, 0.29) is 12.1 Å². The molecule has 0 bridgehead atoms. The first-order chi connectivity index (χ1) is 9.11. The van der Waals surface area contributed by atoms with Crippen molar-refractivity contribution in [1.82, 2.24) is 4.90 Å². The van der Waals surface area contributed by atoms with Gasteiger partial charge in [0.1, 0.15) is 0 Å². The third-order valence-corrected chi connectivity index (χ3v) is 4.26. The maximum Gasteiger partial charge on any atom is 0.0700 e. The first-order valence-electron chi connectivity index (χ1n) is 6.98. The average Bonchev–Trinajstić information content (AvgIpc) is 2.41. The van der Waals surface area contributed by atoms with Gasteiger partial charge in [-0.2, -0.15) is 0 Å². The van der Waals surface area contributed by atoms with Gasteiger partial charge in [0.15, 0.2) is 0 Å². The second-order valence-corrected chi connectivity index (χ2v) is 6.17. The maximum absolute atomic E-state index is 6.23. The average molecular weight is 327 g/mol. The molecular formula is C15H23BrN2O. The van der Waals surface area contributed by atoms with Crippen molar-refractivity contribution in [1.29, 1.82) is 0 Å². The molecule has 0 aromatic heterocycles. The molecule has 1 aliphatic heterocycles. The van der Waals surface area contributed by atoms with Gasteiger partial charge in [0.05, 0.1) is 12.7 Å². The summed E-state index contributed by atoms with van der Waals surface area (Å²) < 4.78 is 6.86. The van der Waals surface area contributed by atoms with Crippen molar-refractivity contribution in [3.05, 3.63) is 34.3 Å². The van der Waals surface area contributed by atoms with Crippen LogP contribution in [0.3, 0.4) is 0 Å². The highest BCUT2D eigenvalue weighted by Gasteiger charge is 2.28. The second kappa shape index (κ2) is 6.84. The van der Waals surface area contributed by atoms with E-state index in [0.717, 1.165) is 30.6 Å². The summed E-state index contributed by atoms with van der Waals surface area (Å²) in [6.45, 7) is 6.99. The summed E-state index contributed by atoms with van der Waals surface area (Å²) >= 11 is 3.48. The Bertz CT molecular complexity index is 394. The van der Waals surface area contributed by atoms with E-state index in [1.807, 2.05) is 0 Å². The summed E-state index contributed by atoms with van der Waals surface area (Å²) in [5.74, 6) is 0. The summed E-state index contributed by atoms with van der Waals surface area (Å²) in [5, 5.41) is 0. The lowest BCUT2D eigenvalue weighted by Gasteiger charge is -2.40. The third-order valence-electron chi connectivity index (χ3n) is 3.73. The van der Waals surface area contributed by atoms with Gasteiger partial charge in [-0.1, -0.05) is 35.0 Å². The zero-order chi connectivity index (χ0) is 13.8. The Morgan fingerprint density at radius 2 is 2.11 bits per heavy atom. The van der Waals surface area contributed by atoms with Crippen LogP contribution >= 0.6 is 15.9 Å². The number of benzene rings is 1. The maximum atomic E-state index is 6.23. The summed E-state index contributed by atoms with van der Waals surface area (Å²) in [7, 11) is 0. The van der Waals surface area contributed by atoms with Crippen LogP contribution in [0.2, 0.25) is 0 Å². The fraction of sp³-hybridized carbons (Fsp3) is 0.600. The highest BCUT2D eigenvalue weighted by molar-refractivity contribution is 9.10. The molecule has 1 saturated heterocycles. The molecule has 0 spiro atoms. The van der Waals surface area contributed by atoms with Crippen molar-refractivity contribution < 1.29 is 4.74 Å². The Morgan fingerprint density at radius 1 is 1.42 bits per heavy atom. The zero-order valence-corrected chi connectivity index (χ0v) is 13.3. The molecule has 1 aliphatic rings. The summed E-state index contributed by atoms with van der Waals surface area (Å²) in [4.78, 5) is 2.46. The molecule has 3 atom stereocenters. The van der Waals surface area contributed by atoms with Crippen LogP contribution in [0.4, 0.5) is 0 Å². The van der Waals surface area contributed by atoms with Gasteiger partial charge in [-0.25, -0.2) is 0 Å². The lowest BCUT2D eigenvalue weighted by atomic mass is 9.98. The van der Waals surface area contributed by atoms with Gasteiger partial charge in [0.25, 0.3) is 0 Å². The quantitative estimate of drug-likeness (QED) is 0.924. The summed E-state index contributed by atoms with van der Waals surface area (Å²) in [5.41, 5.74) is 7.52. The number of nitrogens with zero attached hydrogens (tertiary/aromatic N) is 1. The SMILES string of the molecule is CCC1CN(C(c2ccc(Br)cc2)C(C)N)CCO1. The fourth-order valence-corrected chi connectivity index (χ4v) is 3.01. The standard InChI is InChI=1S/C15H23BrN2O/c1-3-14-10-18(8-9-19-14)15(11(2)17)12-4-6-13(16)7-5-12/h4-7,11,14-15H,3,8-10,17H2,1-2H3. The van der Waals surface area contributed by atoms with E-state index in [0.29, 0.717) is 6.10 Å². The van der Waals surface area contributed by atoms with Crippen molar-refractivity contribution in [2.45, 2.75) is 38.5 Å². The minimum atomic E-state index is 0.108. The highest BCUT2D eigenvalue weighted by Crippen LogP contribution is 2.27. The van der Waals surface area contributed by atoms with Crippen LogP contribution in [-0.4, -0.2) is 36.7 Å². The van der Waals surface area contributed by atoms with Crippen LogP contribution in [0.1, 0.15) is 31.9 Å². The molecular weight excluding hydrogens is 304 g/mol. The van der Waals surface area contributed by atoms with Crippen LogP contribution < -0.4 is 5.73 Å². The van der Waals surface area contributed by atoms with Crippen LogP contribution in [-0.2, 0) is 4.74 Å². The van der Waals surface area contributed by atoms with E-state index in [1.54, 1.807) is 0 Å². The Balaban J connectivity index is 2.17. The molecule has 0 radical (unpaired) electrons. The smallest absolute Gasteiger partial charge is 0.0700 e. The molecule has 1 aromatic carbocycles. The van der Waals surface area contributed by atoms with Crippen molar-refractivity contribution in [3.63, 3.8) is 0 Å². The van der Waals surface area contributed by atoms with Crippen LogP contribution in [0.5, 0.6) is 0 Å². The van der Waals surface area contributed by atoms with Crippen LogP contribution in [0, 0.1) is 0 Å². The molecule has 106 valence electrons. The molecule has 0 saturated carbocycles. The van der Waals surface area contributed by atoms with Gasteiger partial charge >= 0.3 is 0 Å². The molecule has 0 amide bonds. The minimum absolute atomic E-state index is 0.108. The Hall–Kier alpha value is -0.420. The molecule has 1 fully saturated rings. The minimum Gasteiger partial charge on any atom is -0.376 e. The number of rotatable bonds is 4. The third kappa shape index (κ3) is 3.78. The molecule has 19 heavy (non-hydrogen) atoms. The predicted octanol–water partition coefficient (Wildman–Crippen LogP) is 2.95. The Labute approximate surface area is 124 Å². The first kappa shape index (κ1) is 15.0. The van der Waals surface area contributed by atoms with E-state index in [9.17, 15) is 0 Å². The largest absolute Gasteiger partial charge is 0.376 e. The van der Waals surface area contributed by atoms with Crippen molar-refractivity contribution >= 4 is 15.9 Å². The van der Waals surface area contributed by atoms with Gasteiger partial charge in [-0.3, -0.25) is 4.90 Å². The monoisotopic (exact) mass is 326 g/mol. The van der Waals surface area contributed by atoms with E-state index >= 15 is 0 Å². The van der Waals surface area contributed by atoms with Crippen molar-refractivity contribution in [3.8, 4) is 0 Å². The lowest BCUT2D eigenvalue weighted by molar-refractivity contribution is -0.0477. The molecule has 1 heterocycles. The van der Waals surface area contributed by atoms with E-state index < -0.39 is 0 Å². The van der Waals surface area contributed by atoms with Gasteiger partial charge in [0.2, 0.25) is 0 Å². The number of hydrogen-bond donors (Lipinski definition) is 1. The molecule has 1 aromatic rings. The molecule has 3 nitrogen and oxygen atoms in total. The Morgan fingerprint density at radius 3 is 2.68 bits per heavy atom. The summed E-state index contributed by atoms with van der Waals surface area (Å²) in [6, 6.07) is 8.87. The summed E-state index contributed by atoms with van der Waals surface area (Å²) in [6.07, 6.45) is 1.40. The van der Waals surface area contributed by atoms with Gasteiger partial charge in [-0.05, 0) is 31.0 Å². The van der Waals surface area contributed by atoms with Gasteiger partial charge < -0.3 is 10.5 Å². The van der Waals surface area contributed by atoms with Crippen LogP contribution in [0.15, 0.2) is 28.7 Å². The lowest BCUT2D eigenvalue weighted by Crippen LogP contribution is -2.48.